The van der Waals surface area contributed by atoms with Gasteiger partial charge in [-0.05, 0) is 42.9 Å². The van der Waals surface area contributed by atoms with E-state index in [0.29, 0.717) is 19.0 Å². The van der Waals surface area contributed by atoms with E-state index < -0.39 is 0 Å². The summed E-state index contributed by atoms with van der Waals surface area (Å²) in [4.78, 5) is 29.7. The Bertz CT molecular complexity index is 1140. The second-order valence-electron chi connectivity index (χ2n) is 9.01. The molecule has 166 valence electrons. The third-order valence-electron chi connectivity index (χ3n) is 6.44. The number of piperazine rings is 1. The van der Waals surface area contributed by atoms with Crippen LogP contribution in [0.5, 0.6) is 0 Å². The van der Waals surface area contributed by atoms with Crippen LogP contribution in [0.15, 0.2) is 36.4 Å². The van der Waals surface area contributed by atoms with Gasteiger partial charge in [-0.1, -0.05) is 44.2 Å². The second-order valence-corrected chi connectivity index (χ2v) is 10.1. The highest BCUT2D eigenvalue weighted by molar-refractivity contribution is 7.19. The minimum Gasteiger partial charge on any atom is -0.352 e. The number of benzene rings is 1. The molecule has 0 N–H and O–H groups in total. The van der Waals surface area contributed by atoms with E-state index in [9.17, 15) is 4.79 Å². The molecule has 0 radical (unpaired) electrons. The topological polar surface area (TPSA) is 49.3 Å². The first-order valence-corrected chi connectivity index (χ1v) is 12.5. The molecule has 5 rings (SSSR count). The molecule has 0 spiro atoms. The van der Waals surface area contributed by atoms with Crippen molar-refractivity contribution in [3.63, 3.8) is 0 Å². The summed E-state index contributed by atoms with van der Waals surface area (Å²) in [7, 11) is 0. The number of aromatic nitrogens is 2. The number of aryl methyl sites for hydroxylation is 2. The monoisotopic (exact) mass is 446 g/mol. The fourth-order valence-electron chi connectivity index (χ4n) is 4.62. The van der Waals surface area contributed by atoms with Crippen molar-refractivity contribution in [1.82, 2.24) is 14.9 Å². The van der Waals surface area contributed by atoms with E-state index in [1.165, 1.54) is 35.1 Å². The van der Waals surface area contributed by atoms with Crippen molar-refractivity contribution in [2.45, 2.75) is 45.4 Å². The molecule has 32 heavy (non-hydrogen) atoms. The van der Waals surface area contributed by atoms with Crippen LogP contribution in [-0.4, -0.2) is 47.0 Å². The third-order valence-corrected chi connectivity index (χ3v) is 7.62. The number of rotatable bonds is 4. The van der Waals surface area contributed by atoms with Crippen LogP contribution >= 0.6 is 11.3 Å². The fourth-order valence-corrected chi connectivity index (χ4v) is 5.88. The predicted octanol–water partition coefficient (Wildman–Crippen LogP) is 5.06. The molecule has 1 fully saturated rings. The highest BCUT2D eigenvalue weighted by atomic mass is 32.1. The van der Waals surface area contributed by atoms with Gasteiger partial charge in [-0.2, -0.15) is 0 Å². The van der Waals surface area contributed by atoms with Crippen molar-refractivity contribution >= 4 is 39.4 Å². The number of fused-ring (bicyclic) bond motifs is 3. The van der Waals surface area contributed by atoms with Gasteiger partial charge in [0.1, 0.15) is 16.5 Å². The van der Waals surface area contributed by atoms with E-state index in [-0.39, 0.29) is 5.91 Å². The Balaban J connectivity index is 1.37. The number of carbonyl (C=O) groups is 1. The molecule has 1 amide bonds. The molecule has 0 unspecified atom stereocenters. The summed E-state index contributed by atoms with van der Waals surface area (Å²) in [5.74, 6) is 2.39. The normalized spacial score (nSPS) is 16.8. The van der Waals surface area contributed by atoms with Crippen LogP contribution in [0.4, 0.5) is 5.82 Å². The lowest BCUT2D eigenvalue weighted by Gasteiger charge is -2.35. The molecule has 0 atom stereocenters. The molecule has 3 heterocycles. The Kier molecular flexibility index (Phi) is 5.96. The number of amides is 1. The van der Waals surface area contributed by atoms with Crippen LogP contribution in [0.25, 0.3) is 16.3 Å². The van der Waals surface area contributed by atoms with Crippen LogP contribution in [-0.2, 0) is 17.6 Å². The van der Waals surface area contributed by atoms with E-state index in [1.54, 1.807) is 6.08 Å². The average Bonchev–Trinajstić information content (AvgIpc) is 3.21. The average molecular weight is 447 g/mol. The summed E-state index contributed by atoms with van der Waals surface area (Å²) in [5, 5.41) is 1.28. The molecule has 0 saturated carbocycles. The van der Waals surface area contributed by atoms with Gasteiger partial charge in [0.05, 0.1) is 5.39 Å². The molecule has 1 aliphatic heterocycles. The van der Waals surface area contributed by atoms with Crippen molar-refractivity contribution in [3.8, 4) is 0 Å². The molecule has 0 bridgehead atoms. The number of thiophene rings is 1. The Morgan fingerprint density at radius 3 is 2.53 bits per heavy atom. The van der Waals surface area contributed by atoms with Gasteiger partial charge in [-0.15, -0.1) is 11.3 Å². The lowest BCUT2D eigenvalue weighted by atomic mass is 9.96. The maximum atomic E-state index is 12.7. The van der Waals surface area contributed by atoms with Gasteiger partial charge in [-0.3, -0.25) is 4.79 Å². The van der Waals surface area contributed by atoms with E-state index in [1.807, 2.05) is 52.6 Å². The first-order valence-electron chi connectivity index (χ1n) is 11.7. The molecule has 1 aromatic carbocycles. The lowest BCUT2D eigenvalue weighted by Crippen LogP contribution is -2.48. The van der Waals surface area contributed by atoms with Crippen LogP contribution in [0.1, 0.15) is 54.4 Å². The maximum Gasteiger partial charge on any atom is 0.246 e. The molecule has 1 aliphatic carbocycles. The van der Waals surface area contributed by atoms with Gasteiger partial charge in [-0.25, -0.2) is 9.97 Å². The Morgan fingerprint density at radius 2 is 1.78 bits per heavy atom. The summed E-state index contributed by atoms with van der Waals surface area (Å²) in [6, 6.07) is 9.98. The largest absolute Gasteiger partial charge is 0.352 e. The van der Waals surface area contributed by atoms with Crippen LogP contribution < -0.4 is 4.90 Å². The van der Waals surface area contributed by atoms with Gasteiger partial charge in [0.2, 0.25) is 5.91 Å². The molecule has 2 aromatic heterocycles. The van der Waals surface area contributed by atoms with Crippen molar-refractivity contribution in [2.75, 3.05) is 31.1 Å². The van der Waals surface area contributed by atoms with Crippen LogP contribution in [0, 0.1) is 0 Å². The molecule has 3 aromatic rings. The van der Waals surface area contributed by atoms with Gasteiger partial charge < -0.3 is 9.80 Å². The molecular formula is C26H30N4OS. The van der Waals surface area contributed by atoms with E-state index in [4.69, 9.17) is 9.97 Å². The molecule has 1 saturated heterocycles. The second kappa shape index (κ2) is 9.02. The number of nitrogens with zero attached hydrogens (tertiary/aromatic N) is 4. The zero-order chi connectivity index (χ0) is 22.1. The van der Waals surface area contributed by atoms with Gasteiger partial charge in [0, 0.05) is 43.1 Å². The number of hydrogen-bond donors (Lipinski definition) is 0. The van der Waals surface area contributed by atoms with Crippen molar-refractivity contribution in [3.05, 3.63) is 58.2 Å². The first kappa shape index (κ1) is 21.1. The van der Waals surface area contributed by atoms with Gasteiger partial charge >= 0.3 is 0 Å². The van der Waals surface area contributed by atoms with Gasteiger partial charge in [0.25, 0.3) is 0 Å². The van der Waals surface area contributed by atoms with Gasteiger partial charge in [0.15, 0.2) is 0 Å². The zero-order valence-corrected chi connectivity index (χ0v) is 19.7. The minimum absolute atomic E-state index is 0.0807. The standard InChI is InChI=1S/C26H30N4OS/c1-18(2)24-27-25(23-20-10-6-7-11-21(20)32-26(23)28-24)30-16-14-29(15-17-30)22(31)13-12-19-8-4-3-5-9-19/h3-5,8-9,12-13,18H,6-7,10-11,14-17H2,1-2H3/b13-12+. The van der Waals surface area contributed by atoms with E-state index in [2.05, 4.69) is 18.7 Å². The number of hydrogen-bond acceptors (Lipinski definition) is 5. The lowest BCUT2D eigenvalue weighted by molar-refractivity contribution is -0.126. The highest BCUT2D eigenvalue weighted by Crippen LogP contribution is 2.40. The maximum absolute atomic E-state index is 12.7. The number of carbonyl (C=O) groups excluding carboxylic acids is 1. The quantitative estimate of drug-likeness (QED) is 0.526. The highest BCUT2D eigenvalue weighted by Gasteiger charge is 2.27. The molecular weight excluding hydrogens is 416 g/mol. The molecule has 2 aliphatic rings. The minimum atomic E-state index is 0.0807. The van der Waals surface area contributed by atoms with Crippen LogP contribution in [0.2, 0.25) is 0 Å². The van der Waals surface area contributed by atoms with Crippen molar-refractivity contribution < 1.29 is 4.79 Å². The summed E-state index contributed by atoms with van der Waals surface area (Å²) in [6.07, 6.45) is 8.42. The van der Waals surface area contributed by atoms with E-state index >= 15 is 0 Å². The first-order chi connectivity index (χ1) is 15.6. The summed E-state index contributed by atoms with van der Waals surface area (Å²) >= 11 is 1.87. The molecule has 5 nitrogen and oxygen atoms in total. The smallest absolute Gasteiger partial charge is 0.246 e. The SMILES string of the molecule is CC(C)c1nc(N2CCN(C(=O)/C=C/c3ccccc3)CC2)c2c3c(sc2n1)CCCC3. The zero-order valence-electron chi connectivity index (χ0n) is 18.9. The summed E-state index contributed by atoms with van der Waals surface area (Å²) in [6.45, 7) is 7.36. The predicted molar refractivity (Wildman–Crippen MR) is 132 cm³/mol. The summed E-state index contributed by atoms with van der Waals surface area (Å²) < 4.78 is 0. The Morgan fingerprint density at radius 1 is 1.03 bits per heavy atom. The van der Waals surface area contributed by atoms with E-state index in [0.717, 1.165) is 41.5 Å². The Labute approximate surface area is 193 Å². The molecule has 6 heteroatoms. The van der Waals surface area contributed by atoms with Crippen molar-refractivity contribution in [2.24, 2.45) is 0 Å². The fraction of sp³-hybridized carbons (Fsp3) is 0.423. The Hall–Kier alpha value is -2.73. The van der Waals surface area contributed by atoms with Crippen molar-refractivity contribution in [1.29, 1.82) is 0 Å². The van der Waals surface area contributed by atoms with Crippen LogP contribution in [0.3, 0.4) is 0 Å². The summed E-state index contributed by atoms with van der Waals surface area (Å²) in [5.41, 5.74) is 2.53. The number of anilines is 1. The third kappa shape index (κ3) is 4.16.